The van der Waals surface area contributed by atoms with Crippen molar-refractivity contribution in [3.63, 3.8) is 0 Å². The van der Waals surface area contributed by atoms with Crippen LogP contribution in [0.4, 0.5) is 0 Å². The number of halogens is 1. The predicted molar refractivity (Wildman–Crippen MR) is 84.7 cm³/mol. The first-order valence-electron chi connectivity index (χ1n) is 6.64. The van der Waals surface area contributed by atoms with Crippen LogP contribution in [0, 0.1) is 12.8 Å². The van der Waals surface area contributed by atoms with Crippen LogP contribution in [0.2, 0.25) is 0 Å². The molecule has 1 aromatic carbocycles. The molecule has 1 atom stereocenters. The lowest BCUT2D eigenvalue weighted by Gasteiger charge is -2.05. The van der Waals surface area contributed by atoms with Crippen LogP contribution in [0.25, 0.3) is 11.3 Å². The molecule has 2 heterocycles. The number of rotatable bonds is 3. The third-order valence-corrected chi connectivity index (χ3v) is 5.02. The molecule has 2 nitrogen and oxygen atoms in total. The second-order valence-electron chi connectivity index (χ2n) is 5.15. The molecule has 1 aliphatic heterocycles. The highest BCUT2D eigenvalue weighted by atomic mass is 79.9. The monoisotopic (exact) mass is 336 g/mol. The Hall–Kier alpha value is -0.710. The topological polar surface area (TPSA) is 24.9 Å². The lowest BCUT2D eigenvalue weighted by molar-refractivity contribution is 0.578. The summed E-state index contributed by atoms with van der Waals surface area (Å²) in [6.45, 7) is 4.44. The zero-order chi connectivity index (χ0) is 13.2. The number of aromatic nitrogens is 1. The third-order valence-electron chi connectivity index (χ3n) is 3.65. The first kappa shape index (κ1) is 13.3. The van der Waals surface area contributed by atoms with E-state index < -0.39 is 0 Å². The van der Waals surface area contributed by atoms with E-state index in [2.05, 4.69) is 51.7 Å². The van der Waals surface area contributed by atoms with Gasteiger partial charge in [-0.1, -0.05) is 22.0 Å². The average molecular weight is 337 g/mol. The summed E-state index contributed by atoms with van der Waals surface area (Å²) in [5.41, 5.74) is 3.63. The third kappa shape index (κ3) is 3.07. The second-order valence-corrected chi connectivity index (χ2v) is 7.01. The van der Waals surface area contributed by atoms with Gasteiger partial charge in [0.05, 0.1) is 10.7 Å². The quantitative estimate of drug-likeness (QED) is 0.915. The van der Waals surface area contributed by atoms with E-state index in [0.29, 0.717) is 0 Å². The summed E-state index contributed by atoms with van der Waals surface area (Å²) in [6.07, 6.45) is 2.40. The summed E-state index contributed by atoms with van der Waals surface area (Å²) in [5, 5.41) is 6.87. The van der Waals surface area contributed by atoms with E-state index in [4.69, 9.17) is 4.98 Å². The lowest BCUT2D eigenvalue weighted by Crippen LogP contribution is -2.10. The highest BCUT2D eigenvalue weighted by Crippen LogP contribution is 2.29. The van der Waals surface area contributed by atoms with Crippen molar-refractivity contribution in [3.05, 3.63) is 38.6 Å². The zero-order valence-electron chi connectivity index (χ0n) is 10.9. The number of nitrogens with one attached hydrogen (secondary N) is 1. The molecule has 0 amide bonds. The minimum atomic E-state index is 0.766. The summed E-state index contributed by atoms with van der Waals surface area (Å²) in [4.78, 5) is 4.82. The molecule has 0 bridgehead atoms. The molecule has 0 radical (unpaired) electrons. The number of nitrogens with zero attached hydrogens (tertiary/aromatic N) is 1. The van der Waals surface area contributed by atoms with Crippen molar-refractivity contribution in [1.82, 2.24) is 10.3 Å². The van der Waals surface area contributed by atoms with Gasteiger partial charge in [-0.25, -0.2) is 4.98 Å². The van der Waals surface area contributed by atoms with Gasteiger partial charge in [0.15, 0.2) is 0 Å². The van der Waals surface area contributed by atoms with Crippen LogP contribution >= 0.6 is 27.3 Å². The number of hydrogen-bond acceptors (Lipinski definition) is 3. The minimum absolute atomic E-state index is 0.766. The SMILES string of the molecule is Cc1ccc(Br)cc1-c1csc(CC2CCNC2)n1. The molecule has 2 aromatic rings. The highest BCUT2D eigenvalue weighted by molar-refractivity contribution is 9.10. The fourth-order valence-corrected chi connectivity index (χ4v) is 3.81. The van der Waals surface area contributed by atoms with Crippen LogP contribution in [0.15, 0.2) is 28.1 Å². The number of benzene rings is 1. The Bertz CT molecular complexity index is 573. The van der Waals surface area contributed by atoms with Crippen molar-refractivity contribution in [3.8, 4) is 11.3 Å². The van der Waals surface area contributed by atoms with Crippen molar-refractivity contribution in [1.29, 1.82) is 0 Å². The van der Waals surface area contributed by atoms with Gasteiger partial charge in [0.25, 0.3) is 0 Å². The molecule has 1 aliphatic rings. The van der Waals surface area contributed by atoms with E-state index in [-0.39, 0.29) is 0 Å². The fraction of sp³-hybridized carbons (Fsp3) is 0.400. The van der Waals surface area contributed by atoms with Crippen LogP contribution in [-0.2, 0) is 6.42 Å². The first-order chi connectivity index (χ1) is 9.22. The molecule has 1 N–H and O–H groups in total. The van der Waals surface area contributed by atoms with Crippen LogP contribution in [-0.4, -0.2) is 18.1 Å². The van der Waals surface area contributed by atoms with E-state index in [0.717, 1.165) is 35.6 Å². The van der Waals surface area contributed by atoms with Crippen LogP contribution in [0.3, 0.4) is 0 Å². The van der Waals surface area contributed by atoms with Gasteiger partial charge in [0.1, 0.15) is 0 Å². The molecule has 1 fully saturated rings. The van der Waals surface area contributed by atoms with Crippen molar-refractivity contribution in [2.75, 3.05) is 13.1 Å². The molecule has 3 rings (SSSR count). The molecular formula is C15H17BrN2S. The van der Waals surface area contributed by atoms with Gasteiger partial charge in [0, 0.05) is 21.8 Å². The first-order valence-corrected chi connectivity index (χ1v) is 8.31. The summed E-state index contributed by atoms with van der Waals surface area (Å²) in [6, 6.07) is 6.38. The molecular weight excluding hydrogens is 320 g/mol. The van der Waals surface area contributed by atoms with Gasteiger partial charge in [-0.05, 0) is 50.0 Å². The Kier molecular flexibility index (Phi) is 4.01. The van der Waals surface area contributed by atoms with Gasteiger partial charge in [-0.15, -0.1) is 11.3 Å². The molecule has 4 heteroatoms. The number of hydrogen-bond donors (Lipinski definition) is 1. The van der Waals surface area contributed by atoms with E-state index in [1.807, 2.05) is 0 Å². The van der Waals surface area contributed by atoms with E-state index in [1.54, 1.807) is 11.3 Å². The summed E-state index contributed by atoms with van der Waals surface area (Å²) < 4.78 is 1.11. The smallest absolute Gasteiger partial charge is 0.0935 e. The van der Waals surface area contributed by atoms with Gasteiger partial charge < -0.3 is 5.32 Å². The lowest BCUT2D eigenvalue weighted by atomic mass is 10.1. The van der Waals surface area contributed by atoms with Crippen molar-refractivity contribution in [2.45, 2.75) is 19.8 Å². The van der Waals surface area contributed by atoms with Crippen molar-refractivity contribution >= 4 is 27.3 Å². The molecule has 19 heavy (non-hydrogen) atoms. The Labute approximate surface area is 126 Å². The Balaban J connectivity index is 1.82. The van der Waals surface area contributed by atoms with E-state index in [1.165, 1.54) is 22.6 Å². The Morgan fingerprint density at radius 1 is 1.47 bits per heavy atom. The van der Waals surface area contributed by atoms with E-state index >= 15 is 0 Å². The summed E-state index contributed by atoms with van der Waals surface area (Å²) >= 11 is 5.33. The standard InChI is InChI=1S/C15H17BrN2S/c1-10-2-3-12(16)7-13(10)14-9-19-15(18-14)6-11-4-5-17-8-11/h2-3,7,9,11,17H,4-6,8H2,1H3. The van der Waals surface area contributed by atoms with Crippen LogP contribution < -0.4 is 5.32 Å². The molecule has 0 saturated carbocycles. The summed E-state index contributed by atoms with van der Waals surface area (Å²) in [7, 11) is 0. The maximum absolute atomic E-state index is 4.82. The molecule has 100 valence electrons. The average Bonchev–Trinajstić information content (AvgIpc) is 3.04. The number of aryl methyl sites for hydroxylation is 1. The normalized spacial score (nSPS) is 18.9. The van der Waals surface area contributed by atoms with Crippen molar-refractivity contribution in [2.24, 2.45) is 5.92 Å². The van der Waals surface area contributed by atoms with Crippen LogP contribution in [0.1, 0.15) is 17.0 Å². The maximum atomic E-state index is 4.82. The Morgan fingerprint density at radius 3 is 3.16 bits per heavy atom. The second kappa shape index (κ2) is 5.73. The minimum Gasteiger partial charge on any atom is -0.316 e. The molecule has 1 unspecified atom stereocenters. The molecule has 0 aliphatic carbocycles. The number of thiazole rings is 1. The van der Waals surface area contributed by atoms with Gasteiger partial charge in [0.2, 0.25) is 0 Å². The van der Waals surface area contributed by atoms with Gasteiger partial charge in [-0.2, -0.15) is 0 Å². The fourth-order valence-electron chi connectivity index (χ4n) is 2.53. The molecule has 1 saturated heterocycles. The zero-order valence-corrected chi connectivity index (χ0v) is 13.4. The van der Waals surface area contributed by atoms with E-state index in [9.17, 15) is 0 Å². The summed E-state index contributed by atoms with van der Waals surface area (Å²) in [5.74, 6) is 0.766. The van der Waals surface area contributed by atoms with Crippen molar-refractivity contribution < 1.29 is 0 Å². The largest absolute Gasteiger partial charge is 0.316 e. The van der Waals surface area contributed by atoms with Gasteiger partial charge >= 0.3 is 0 Å². The highest BCUT2D eigenvalue weighted by Gasteiger charge is 2.17. The van der Waals surface area contributed by atoms with Gasteiger partial charge in [-0.3, -0.25) is 0 Å². The molecule has 1 aromatic heterocycles. The maximum Gasteiger partial charge on any atom is 0.0935 e. The predicted octanol–water partition coefficient (Wildman–Crippen LogP) is 4.03. The van der Waals surface area contributed by atoms with Crippen LogP contribution in [0.5, 0.6) is 0 Å². The Morgan fingerprint density at radius 2 is 2.37 bits per heavy atom. The molecule has 0 spiro atoms.